The fourth-order valence-electron chi connectivity index (χ4n) is 5.22. The Morgan fingerprint density at radius 3 is 2.66 bits per heavy atom. The van der Waals surface area contributed by atoms with E-state index in [1.54, 1.807) is 49.3 Å². The van der Waals surface area contributed by atoms with Crippen molar-refractivity contribution in [1.82, 2.24) is 4.98 Å². The van der Waals surface area contributed by atoms with Crippen LogP contribution in [0.3, 0.4) is 0 Å². The predicted octanol–water partition coefficient (Wildman–Crippen LogP) is 7.43. The number of carbonyl (C=O) groups excluding carboxylic acids is 2. The Kier molecular flexibility index (Phi) is 8.08. The quantitative estimate of drug-likeness (QED) is 0.283. The molecule has 1 unspecified atom stereocenters. The van der Waals surface area contributed by atoms with Gasteiger partial charge in [-0.25, -0.2) is 4.79 Å². The van der Waals surface area contributed by atoms with E-state index in [0.29, 0.717) is 23.6 Å². The van der Waals surface area contributed by atoms with Gasteiger partial charge in [0.2, 0.25) is 0 Å². The number of esters is 1. The first-order valence-corrected chi connectivity index (χ1v) is 14.2. The molecule has 2 aliphatic heterocycles. The third-order valence-corrected chi connectivity index (χ3v) is 8.10. The van der Waals surface area contributed by atoms with Gasteiger partial charge in [0, 0.05) is 34.6 Å². The average molecular weight is 572 g/mol. The number of thioether (sulfide) groups is 1. The lowest BCUT2D eigenvalue weighted by atomic mass is 9.85. The van der Waals surface area contributed by atoms with Crippen LogP contribution in [0.15, 0.2) is 71.9 Å². The first-order chi connectivity index (χ1) is 19.6. The Morgan fingerprint density at radius 1 is 1.15 bits per heavy atom. The minimum Gasteiger partial charge on any atom is -0.496 e. The number of methoxy groups -OCH3 is 1. The van der Waals surface area contributed by atoms with E-state index in [1.165, 1.54) is 6.20 Å². The maximum absolute atomic E-state index is 13.0. The van der Waals surface area contributed by atoms with Crippen molar-refractivity contribution in [2.75, 3.05) is 17.7 Å². The van der Waals surface area contributed by atoms with E-state index in [-0.39, 0.29) is 23.4 Å². The highest BCUT2D eigenvalue weighted by molar-refractivity contribution is 8.04. The zero-order chi connectivity index (χ0) is 29.1. The molecule has 9 heteroatoms. The van der Waals surface area contributed by atoms with Crippen LogP contribution in [-0.4, -0.2) is 34.9 Å². The lowest BCUT2D eigenvalue weighted by Crippen LogP contribution is -2.32. The van der Waals surface area contributed by atoms with Gasteiger partial charge in [0.1, 0.15) is 23.4 Å². The number of hydrogen-bond donors (Lipinski definition) is 2. The topological polar surface area (TPSA) is 98.8 Å². The number of allylic oxidation sites excluding steroid dienone is 3. The van der Waals surface area contributed by atoms with E-state index >= 15 is 0 Å². The summed E-state index contributed by atoms with van der Waals surface area (Å²) in [5.74, 6) is 0.604. The molecule has 0 saturated heterocycles. The van der Waals surface area contributed by atoms with Crippen LogP contribution in [0.25, 0.3) is 16.7 Å². The van der Waals surface area contributed by atoms with E-state index in [1.807, 2.05) is 25.1 Å². The molecule has 2 aromatic carbocycles. The van der Waals surface area contributed by atoms with Gasteiger partial charge < -0.3 is 19.5 Å². The average Bonchev–Trinajstić information content (AvgIpc) is 3.37. The summed E-state index contributed by atoms with van der Waals surface area (Å²) in [7, 11) is 1.57. The number of nitrogens with one attached hydrogen (secondary N) is 2. The first-order valence-electron chi connectivity index (χ1n) is 13.3. The minimum atomic E-state index is -0.641. The molecular weight excluding hydrogens is 538 g/mol. The fraction of sp³-hybridized carbons (Fsp3) is 0.281. The van der Waals surface area contributed by atoms with Crippen LogP contribution >= 0.6 is 11.8 Å². The number of amides is 1. The molecule has 212 valence electrons. The van der Waals surface area contributed by atoms with Crippen LogP contribution in [-0.2, 0) is 16.1 Å². The van der Waals surface area contributed by atoms with E-state index in [0.717, 1.165) is 38.4 Å². The molecule has 1 atom stereocenters. The summed E-state index contributed by atoms with van der Waals surface area (Å²) in [5.41, 5.74) is 5.90. The lowest BCUT2D eigenvalue weighted by molar-refractivity contribution is -0.144. The number of carbonyl (C=O) groups is 2. The van der Waals surface area contributed by atoms with Crippen LogP contribution < -0.4 is 20.1 Å². The van der Waals surface area contributed by atoms with Crippen molar-refractivity contribution in [2.45, 2.75) is 51.5 Å². The zero-order valence-electron chi connectivity index (χ0n) is 23.7. The second-order valence-electron chi connectivity index (χ2n) is 10.6. The number of hydrogen-bond acceptors (Lipinski definition) is 8. The molecule has 2 N–H and O–H groups in total. The molecule has 0 aliphatic carbocycles. The second kappa shape index (κ2) is 11.7. The van der Waals surface area contributed by atoms with Crippen molar-refractivity contribution in [3.63, 3.8) is 0 Å². The monoisotopic (exact) mass is 571 g/mol. The molecule has 5 rings (SSSR count). The number of pyridine rings is 1. The molecule has 41 heavy (non-hydrogen) atoms. The molecule has 1 aromatic heterocycles. The lowest BCUT2D eigenvalue weighted by Gasteiger charge is -2.33. The number of ether oxygens (including phenoxy) is 3. The van der Waals surface area contributed by atoms with Crippen molar-refractivity contribution < 1.29 is 23.8 Å². The van der Waals surface area contributed by atoms with Crippen LogP contribution in [0.1, 0.15) is 45.2 Å². The van der Waals surface area contributed by atoms with Crippen molar-refractivity contribution in [1.29, 1.82) is 0 Å². The van der Waals surface area contributed by atoms with Gasteiger partial charge in [0.05, 0.1) is 24.5 Å². The first kappa shape index (κ1) is 28.3. The SMILES string of the molecule is COc1cc(OC(=O)Nc2cccnc2)ccc1-c1ccc2c(c1COC(=O)C1CC=C(C)S1)C(C)=CC(C)(C)N2. The van der Waals surface area contributed by atoms with Gasteiger partial charge in [-0.15, -0.1) is 11.8 Å². The molecule has 8 nitrogen and oxygen atoms in total. The number of rotatable bonds is 7. The maximum Gasteiger partial charge on any atom is 0.417 e. The number of aromatic nitrogens is 1. The summed E-state index contributed by atoms with van der Waals surface area (Å²) < 4.78 is 17.2. The molecule has 0 radical (unpaired) electrons. The van der Waals surface area contributed by atoms with E-state index in [4.69, 9.17) is 14.2 Å². The van der Waals surface area contributed by atoms with Crippen molar-refractivity contribution in [2.24, 2.45) is 0 Å². The third-order valence-electron chi connectivity index (χ3n) is 6.89. The van der Waals surface area contributed by atoms with Crippen molar-refractivity contribution >= 4 is 40.8 Å². The molecule has 0 saturated carbocycles. The molecule has 0 fully saturated rings. The Labute approximate surface area is 244 Å². The number of fused-ring (bicyclic) bond motifs is 1. The summed E-state index contributed by atoms with van der Waals surface area (Å²) in [4.78, 5) is 30.5. The molecule has 3 heterocycles. The van der Waals surface area contributed by atoms with Gasteiger partial charge in [-0.05, 0) is 80.5 Å². The minimum absolute atomic E-state index is 0.107. The highest BCUT2D eigenvalue weighted by Crippen LogP contribution is 2.43. The van der Waals surface area contributed by atoms with Gasteiger partial charge in [0.25, 0.3) is 0 Å². The molecule has 2 aliphatic rings. The fourth-order valence-corrected chi connectivity index (χ4v) is 6.22. The Bertz CT molecular complexity index is 1550. The van der Waals surface area contributed by atoms with E-state index in [2.05, 4.69) is 48.5 Å². The van der Waals surface area contributed by atoms with Crippen LogP contribution in [0, 0.1) is 0 Å². The third kappa shape index (κ3) is 6.41. The van der Waals surface area contributed by atoms with Crippen molar-refractivity contribution in [3.05, 3.63) is 83.0 Å². The summed E-state index contributed by atoms with van der Waals surface area (Å²) >= 11 is 1.54. The smallest absolute Gasteiger partial charge is 0.417 e. The largest absolute Gasteiger partial charge is 0.496 e. The zero-order valence-corrected chi connectivity index (χ0v) is 24.6. The van der Waals surface area contributed by atoms with Gasteiger partial charge in [0.15, 0.2) is 0 Å². The number of nitrogens with zero attached hydrogens (tertiary/aromatic N) is 1. The molecule has 0 bridgehead atoms. The van der Waals surface area contributed by atoms with E-state index in [9.17, 15) is 9.59 Å². The Morgan fingerprint density at radius 2 is 1.95 bits per heavy atom. The predicted molar refractivity (Wildman–Crippen MR) is 163 cm³/mol. The normalized spacial score (nSPS) is 17.0. The standard InChI is InChI=1S/C32H33N3O5S/c1-19-16-32(3,4)35-26-12-11-23(25(29(19)26)18-39-30(36)28-13-8-20(2)41-28)24-10-9-22(15-27(24)38-5)40-31(37)34-21-7-6-14-33-17-21/h6-12,14-17,28,35H,13,18H2,1-5H3,(H,34,37). The van der Waals surface area contributed by atoms with E-state index < -0.39 is 6.09 Å². The summed E-state index contributed by atoms with van der Waals surface area (Å²) in [6.45, 7) is 8.42. The summed E-state index contributed by atoms with van der Waals surface area (Å²) in [6, 6.07) is 12.7. The summed E-state index contributed by atoms with van der Waals surface area (Å²) in [5, 5.41) is 6.01. The van der Waals surface area contributed by atoms with Crippen molar-refractivity contribution in [3.8, 4) is 22.6 Å². The number of benzene rings is 2. The second-order valence-corrected chi connectivity index (χ2v) is 12.0. The number of anilines is 2. The Balaban J connectivity index is 1.47. The van der Waals surface area contributed by atoms with Gasteiger partial charge in [-0.1, -0.05) is 18.2 Å². The molecular formula is C32H33N3O5S. The highest BCUT2D eigenvalue weighted by Gasteiger charge is 2.29. The van der Waals surface area contributed by atoms with Crippen LogP contribution in [0.2, 0.25) is 0 Å². The van der Waals surface area contributed by atoms with Gasteiger partial charge >= 0.3 is 12.1 Å². The molecule has 1 amide bonds. The molecule has 0 spiro atoms. The Hall–Kier alpha value is -4.24. The van der Waals surface area contributed by atoms with Gasteiger partial charge in [-0.3, -0.25) is 15.1 Å². The summed E-state index contributed by atoms with van der Waals surface area (Å²) in [6.07, 6.45) is 7.43. The molecule has 3 aromatic rings. The van der Waals surface area contributed by atoms with Crippen LogP contribution in [0.4, 0.5) is 16.2 Å². The maximum atomic E-state index is 13.0. The highest BCUT2D eigenvalue weighted by atomic mass is 32.2. The van der Waals surface area contributed by atoms with Gasteiger partial charge in [-0.2, -0.15) is 0 Å². The van der Waals surface area contributed by atoms with Crippen LogP contribution in [0.5, 0.6) is 11.5 Å².